The molecule has 0 aliphatic rings. The minimum absolute atomic E-state index is 0.0678. The fourth-order valence-electron chi connectivity index (χ4n) is 1.78. The molecular formula is C13H13F2N3O3S. The van der Waals surface area contributed by atoms with Gasteiger partial charge in [-0.2, -0.15) is 8.78 Å². The highest BCUT2D eigenvalue weighted by molar-refractivity contribution is 7.15. The molecule has 0 radical (unpaired) electrons. The van der Waals surface area contributed by atoms with E-state index in [2.05, 4.69) is 9.72 Å². The molecule has 0 N–H and O–H groups in total. The number of alkyl halides is 2. The molecule has 0 bridgehead atoms. The molecule has 22 heavy (non-hydrogen) atoms. The van der Waals surface area contributed by atoms with E-state index < -0.39 is 12.5 Å². The molecule has 1 amide bonds. The molecule has 2 aromatic heterocycles. The van der Waals surface area contributed by atoms with E-state index in [0.717, 1.165) is 17.5 Å². The first kappa shape index (κ1) is 16.1. The molecule has 0 unspecified atom stereocenters. The maximum atomic E-state index is 12.7. The van der Waals surface area contributed by atoms with E-state index in [1.54, 1.807) is 0 Å². The standard InChI is InChI=1S/C13H13F2N3O3S/c1-17(7-10-16-5-6-18(10)13(14)15)11(19)8-3-4-9(22-8)12(20)21-2/h3-6,13H,7H2,1-2H3. The van der Waals surface area contributed by atoms with Crippen LogP contribution < -0.4 is 0 Å². The summed E-state index contributed by atoms with van der Waals surface area (Å²) < 4.78 is 30.7. The molecule has 0 saturated carbocycles. The van der Waals surface area contributed by atoms with Gasteiger partial charge < -0.3 is 9.64 Å². The van der Waals surface area contributed by atoms with Crippen LogP contribution in [0.15, 0.2) is 24.5 Å². The van der Waals surface area contributed by atoms with Crippen molar-refractivity contribution >= 4 is 23.2 Å². The number of rotatable bonds is 5. The predicted octanol–water partition coefficient (Wildman–Crippen LogP) is 2.40. The highest BCUT2D eigenvalue weighted by atomic mass is 32.1. The van der Waals surface area contributed by atoms with Crippen molar-refractivity contribution in [2.45, 2.75) is 13.1 Å². The summed E-state index contributed by atoms with van der Waals surface area (Å²) in [6.07, 6.45) is 2.40. The van der Waals surface area contributed by atoms with Gasteiger partial charge in [-0.3, -0.25) is 9.36 Å². The van der Waals surface area contributed by atoms with Crippen LogP contribution in [0.25, 0.3) is 0 Å². The summed E-state index contributed by atoms with van der Waals surface area (Å²) in [4.78, 5) is 29.3. The molecule has 0 fully saturated rings. The van der Waals surface area contributed by atoms with E-state index >= 15 is 0 Å². The number of carbonyl (C=O) groups excluding carboxylic acids is 2. The Bertz CT molecular complexity index is 684. The highest BCUT2D eigenvalue weighted by Crippen LogP contribution is 2.20. The Morgan fingerprint density at radius 2 is 2.09 bits per heavy atom. The second-order valence-electron chi connectivity index (χ2n) is 4.35. The molecule has 0 atom stereocenters. The van der Waals surface area contributed by atoms with Crippen molar-refractivity contribution in [1.29, 1.82) is 0 Å². The molecule has 2 rings (SSSR count). The first-order chi connectivity index (χ1) is 10.4. The molecule has 0 saturated heterocycles. The van der Waals surface area contributed by atoms with E-state index in [1.807, 2.05) is 0 Å². The average Bonchev–Trinajstić information content (AvgIpc) is 3.14. The third kappa shape index (κ3) is 3.30. The van der Waals surface area contributed by atoms with Crippen LogP contribution in [0.1, 0.15) is 31.7 Å². The number of hydrogen-bond donors (Lipinski definition) is 0. The van der Waals surface area contributed by atoms with Gasteiger partial charge in [-0.05, 0) is 12.1 Å². The Labute approximate surface area is 128 Å². The van der Waals surface area contributed by atoms with Crippen molar-refractivity contribution < 1.29 is 23.1 Å². The van der Waals surface area contributed by atoms with Crippen LogP contribution in [-0.2, 0) is 11.3 Å². The Morgan fingerprint density at radius 3 is 2.73 bits per heavy atom. The smallest absolute Gasteiger partial charge is 0.348 e. The van der Waals surface area contributed by atoms with Crippen LogP contribution >= 0.6 is 11.3 Å². The predicted molar refractivity (Wildman–Crippen MR) is 74.9 cm³/mol. The van der Waals surface area contributed by atoms with E-state index in [1.165, 1.54) is 37.4 Å². The largest absolute Gasteiger partial charge is 0.465 e. The summed E-state index contributed by atoms with van der Waals surface area (Å²) in [5.74, 6) is -0.834. The molecule has 2 aromatic rings. The summed E-state index contributed by atoms with van der Waals surface area (Å²) in [6.45, 7) is -2.78. The number of hydrogen-bond acceptors (Lipinski definition) is 5. The van der Waals surface area contributed by atoms with Crippen LogP contribution in [-0.4, -0.2) is 40.5 Å². The SMILES string of the molecule is COC(=O)c1ccc(C(=O)N(C)Cc2nccn2C(F)F)s1. The number of methoxy groups -OCH3 is 1. The Morgan fingerprint density at radius 1 is 1.41 bits per heavy atom. The Hall–Kier alpha value is -2.29. The summed E-state index contributed by atoms with van der Waals surface area (Å²) in [7, 11) is 2.73. The molecule has 6 nitrogen and oxygen atoms in total. The van der Waals surface area contributed by atoms with Gasteiger partial charge in [-0.1, -0.05) is 0 Å². The molecule has 0 aliphatic carbocycles. The monoisotopic (exact) mass is 329 g/mol. The van der Waals surface area contributed by atoms with Crippen molar-refractivity contribution in [1.82, 2.24) is 14.5 Å². The molecule has 0 aliphatic heterocycles. The molecule has 118 valence electrons. The summed E-state index contributed by atoms with van der Waals surface area (Å²) in [5, 5.41) is 0. The van der Waals surface area contributed by atoms with Gasteiger partial charge in [0, 0.05) is 19.4 Å². The van der Waals surface area contributed by atoms with Crippen molar-refractivity contribution in [2.75, 3.05) is 14.2 Å². The number of aromatic nitrogens is 2. The van der Waals surface area contributed by atoms with Gasteiger partial charge in [0.15, 0.2) is 0 Å². The van der Waals surface area contributed by atoms with Crippen LogP contribution in [0, 0.1) is 0 Å². The molecule has 0 spiro atoms. The second-order valence-corrected chi connectivity index (χ2v) is 5.43. The third-order valence-electron chi connectivity index (χ3n) is 2.89. The number of carbonyl (C=O) groups is 2. The highest BCUT2D eigenvalue weighted by Gasteiger charge is 2.20. The maximum absolute atomic E-state index is 12.7. The van der Waals surface area contributed by atoms with E-state index in [9.17, 15) is 18.4 Å². The van der Waals surface area contributed by atoms with E-state index in [-0.39, 0.29) is 18.3 Å². The lowest BCUT2D eigenvalue weighted by atomic mass is 10.3. The molecular weight excluding hydrogens is 316 g/mol. The van der Waals surface area contributed by atoms with Gasteiger partial charge in [0.25, 0.3) is 5.91 Å². The number of nitrogens with zero attached hydrogens (tertiary/aromatic N) is 3. The number of amides is 1. The second kappa shape index (κ2) is 6.65. The summed E-state index contributed by atoms with van der Waals surface area (Å²) in [6, 6.07) is 2.98. The summed E-state index contributed by atoms with van der Waals surface area (Å²) in [5.41, 5.74) is 0. The first-order valence-corrected chi connectivity index (χ1v) is 6.99. The van der Waals surface area contributed by atoms with Crippen LogP contribution in [0.4, 0.5) is 8.78 Å². The van der Waals surface area contributed by atoms with E-state index in [4.69, 9.17) is 0 Å². The zero-order valence-electron chi connectivity index (χ0n) is 11.8. The normalized spacial score (nSPS) is 10.8. The minimum atomic E-state index is -2.71. The van der Waals surface area contributed by atoms with Crippen molar-refractivity contribution in [3.63, 3.8) is 0 Å². The van der Waals surface area contributed by atoms with Gasteiger partial charge in [0.1, 0.15) is 10.7 Å². The van der Waals surface area contributed by atoms with Gasteiger partial charge in [0.2, 0.25) is 0 Å². The Balaban J connectivity index is 2.10. The number of esters is 1. The fourth-order valence-corrected chi connectivity index (χ4v) is 2.70. The Kier molecular flexibility index (Phi) is 4.86. The van der Waals surface area contributed by atoms with Gasteiger partial charge in [-0.15, -0.1) is 11.3 Å². The number of thiophene rings is 1. The lowest BCUT2D eigenvalue weighted by Gasteiger charge is -2.16. The zero-order chi connectivity index (χ0) is 16.3. The molecule has 9 heteroatoms. The number of halogens is 2. The molecule has 2 heterocycles. The fraction of sp³-hybridized carbons (Fsp3) is 0.308. The summed E-state index contributed by atoms with van der Waals surface area (Å²) >= 11 is 0.984. The van der Waals surface area contributed by atoms with Crippen molar-refractivity contribution in [2.24, 2.45) is 0 Å². The van der Waals surface area contributed by atoms with E-state index in [0.29, 0.717) is 14.3 Å². The van der Waals surface area contributed by atoms with Crippen LogP contribution in [0.3, 0.4) is 0 Å². The van der Waals surface area contributed by atoms with Gasteiger partial charge >= 0.3 is 12.5 Å². The maximum Gasteiger partial charge on any atom is 0.348 e. The van der Waals surface area contributed by atoms with Crippen LogP contribution in [0.2, 0.25) is 0 Å². The van der Waals surface area contributed by atoms with Crippen molar-refractivity contribution in [3.8, 4) is 0 Å². The van der Waals surface area contributed by atoms with Gasteiger partial charge in [0.05, 0.1) is 18.5 Å². The molecule has 0 aromatic carbocycles. The average molecular weight is 329 g/mol. The van der Waals surface area contributed by atoms with Gasteiger partial charge in [-0.25, -0.2) is 9.78 Å². The topological polar surface area (TPSA) is 64.4 Å². The minimum Gasteiger partial charge on any atom is -0.465 e. The first-order valence-electron chi connectivity index (χ1n) is 6.17. The number of ether oxygens (including phenoxy) is 1. The van der Waals surface area contributed by atoms with Crippen molar-refractivity contribution in [3.05, 3.63) is 40.1 Å². The lowest BCUT2D eigenvalue weighted by Crippen LogP contribution is -2.27. The number of imidazole rings is 1. The third-order valence-corrected chi connectivity index (χ3v) is 3.94. The lowest BCUT2D eigenvalue weighted by molar-refractivity contribution is 0.0604. The quantitative estimate of drug-likeness (QED) is 0.790. The van der Waals surface area contributed by atoms with Crippen LogP contribution in [0.5, 0.6) is 0 Å². The zero-order valence-corrected chi connectivity index (χ0v) is 12.6.